The predicted octanol–water partition coefficient (Wildman–Crippen LogP) is 1.50. The van der Waals surface area contributed by atoms with Gasteiger partial charge in [-0.3, -0.25) is 4.68 Å². The molecular weight excluding hydrogens is 150 g/mol. The van der Waals surface area contributed by atoms with E-state index in [1.165, 1.54) is 4.68 Å². The second-order valence-corrected chi connectivity index (χ2v) is 2.41. The normalized spacial score (nSPS) is 13.4. The molecule has 0 amide bonds. The summed E-state index contributed by atoms with van der Waals surface area (Å²) in [5.74, 6) is 0. The zero-order chi connectivity index (χ0) is 8.27. The molecule has 1 aromatic rings. The highest BCUT2D eigenvalue weighted by molar-refractivity contribution is 4.96. The van der Waals surface area contributed by atoms with E-state index in [0.717, 1.165) is 5.69 Å². The quantitative estimate of drug-likeness (QED) is 0.655. The lowest BCUT2D eigenvalue weighted by molar-refractivity contribution is 0.226. The van der Waals surface area contributed by atoms with Crippen LogP contribution in [0.5, 0.6) is 0 Å². The molecule has 0 N–H and O–H groups in total. The molecule has 1 rings (SSSR count). The minimum absolute atomic E-state index is 0.00926. The molecule has 0 aromatic carbocycles. The van der Waals surface area contributed by atoms with Gasteiger partial charge < -0.3 is 0 Å². The minimum atomic E-state index is -1.44. The Kier molecular flexibility index (Phi) is 2.57. The van der Waals surface area contributed by atoms with Crippen LogP contribution in [0.25, 0.3) is 0 Å². The highest BCUT2D eigenvalue weighted by atomic mass is 19.2. The summed E-state index contributed by atoms with van der Waals surface area (Å²) in [4.78, 5) is 0. The second-order valence-electron chi connectivity index (χ2n) is 2.41. The van der Waals surface area contributed by atoms with Gasteiger partial charge in [-0.05, 0) is 13.0 Å². The van der Waals surface area contributed by atoms with Crippen molar-refractivity contribution in [3.8, 4) is 0 Å². The van der Waals surface area contributed by atoms with Crippen LogP contribution in [0.4, 0.5) is 8.78 Å². The van der Waals surface area contributed by atoms with Gasteiger partial charge in [-0.25, -0.2) is 8.78 Å². The summed E-state index contributed by atoms with van der Waals surface area (Å²) in [7, 11) is 0. The van der Waals surface area contributed by atoms with Crippen molar-refractivity contribution >= 4 is 0 Å². The van der Waals surface area contributed by atoms with Crippen molar-refractivity contribution in [2.24, 2.45) is 0 Å². The monoisotopic (exact) mass is 160 g/mol. The van der Waals surface area contributed by atoms with Gasteiger partial charge >= 0.3 is 0 Å². The molecule has 0 saturated carbocycles. The first-order chi connectivity index (χ1) is 5.24. The average Bonchev–Trinajstić information content (AvgIpc) is 2.37. The molecule has 1 atom stereocenters. The molecule has 0 aliphatic heterocycles. The van der Waals surface area contributed by atoms with Crippen molar-refractivity contribution in [3.05, 3.63) is 18.0 Å². The summed E-state index contributed by atoms with van der Waals surface area (Å²) >= 11 is 0. The molecule has 0 saturated heterocycles. The molecule has 11 heavy (non-hydrogen) atoms. The van der Waals surface area contributed by atoms with Gasteiger partial charge in [0.1, 0.15) is 12.8 Å². The highest BCUT2D eigenvalue weighted by Crippen LogP contribution is 2.01. The zero-order valence-electron chi connectivity index (χ0n) is 6.30. The standard InChI is InChI=1S/C7H10F2N2/c1-6-2-3-10-11(6)5-7(9)4-8/h2-3,7H,4-5H2,1H3/t7-/m0/s1. The third kappa shape index (κ3) is 2.00. The maximum absolute atomic E-state index is 12.4. The Morgan fingerprint density at radius 2 is 2.45 bits per heavy atom. The smallest absolute Gasteiger partial charge is 0.148 e. The van der Waals surface area contributed by atoms with E-state index in [9.17, 15) is 8.78 Å². The molecule has 4 heteroatoms. The number of aryl methyl sites for hydroxylation is 1. The van der Waals surface area contributed by atoms with E-state index in [4.69, 9.17) is 0 Å². The van der Waals surface area contributed by atoms with Crippen molar-refractivity contribution in [1.29, 1.82) is 0 Å². The van der Waals surface area contributed by atoms with Crippen LogP contribution < -0.4 is 0 Å². The lowest BCUT2D eigenvalue weighted by Gasteiger charge is -2.05. The van der Waals surface area contributed by atoms with E-state index in [-0.39, 0.29) is 6.54 Å². The Labute approximate surface area is 63.8 Å². The third-order valence-corrected chi connectivity index (χ3v) is 1.47. The molecule has 0 radical (unpaired) electrons. The Hall–Kier alpha value is -0.930. The fourth-order valence-electron chi connectivity index (χ4n) is 0.826. The molecule has 0 bridgehead atoms. The topological polar surface area (TPSA) is 17.8 Å². The maximum atomic E-state index is 12.4. The third-order valence-electron chi connectivity index (χ3n) is 1.47. The van der Waals surface area contributed by atoms with Crippen molar-refractivity contribution < 1.29 is 8.78 Å². The Balaban J connectivity index is 2.56. The Bertz CT molecular complexity index is 222. The number of hydrogen-bond donors (Lipinski definition) is 0. The number of alkyl halides is 2. The lowest BCUT2D eigenvalue weighted by atomic mass is 10.4. The van der Waals surface area contributed by atoms with E-state index in [2.05, 4.69) is 5.10 Å². The highest BCUT2D eigenvalue weighted by Gasteiger charge is 2.07. The fourth-order valence-corrected chi connectivity index (χ4v) is 0.826. The number of hydrogen-bond acceptors (Lipinski definition) is 1. The van der Waals surface area contributed by atoms with Crippen molar-refractivity contribution in [2.45, 2.75) is 19.6 Å². The molecule has 1 aromatic heterocycles. The summed E-state index contributed by atoms with van der Waals surface area (Å²) in [6.07, 6.45) is 0.133. The molecular formula is C7H10F2N2. The van der Waals surface area contributed by atoms with E-state index in [1.54, 1.807) is 19.2 Å². The predicted molar refractivity (Wildman–Crippen MR) is 37.8 cm³/mol. The summed E-state index contributed by atoms with van der Waals surface area (Å²) < 4.78 is 25.6. The molecule has 1 heterocycles. The van der Waals surface area contributed by atoms with Crippen LogP contribution in [0.15, 0.2) is 12.3 Å². The van der Waals surface area contributed by atoms with Crippen LogP contribution in [-0.2, 0) is 6.54 Å². The lowest BCUT2D eigenvalue weighted by Crippen LogP contribution is -2.15. The fraction of sp³-hybridized carbons (Fsp3) is 0.571. The van der Waals surface area contributed by atoms with E-state index >= 15 is 0 Å². The van der Waals surface area contributed by atoms with Crippen molar-refractivity contribution in [3.63, 3.8) is 0 Å². The van der Waals surface area contributed by atoms with Crippen LogP contribution in [0.3, 0.4) is 0 Å². The van der Waals surface area contributed by atoms with Gasteiger partial charge in [0.25, 0.3) is 0 Å². The van der Waals surface area contributed by atoms with E-state index in [1.807, 2.05) is 0 Å². The summed E-state index contributed by atoms with van der Waals surface area (Å²) in [6, 6.07) is 1.75. The minimum Gasteiger partial charge on any atom is -0.267 e. The van der Waals surface area contributed by atoms with E-state index < -0.39 is 12.8 Å². The summed E-state index contributed by atoms with van der Waals surface area (Å²) in [6.45, 7) is 0.868. The van der Waals surface area contributed by atoms with Gasteiger partial charge in [-0.1, -0.05) is 0 Å². The Morgan fingerprint density at radius 1 is 1.73 bits per heavy atom. The van der Waals surface area contributed by atoms with Gasteiger partial charge in [0.2, 0.25) is 0 Å². The largest absolute Gasteiger partial charge is 0.267 e. The van der Waals surface area contributed by atoms with Crippen LogP contribution >= 0.6 is 0 Å². The first kappa shape index (κ1) is 8.17. The molecule has 2 nitrogen and oxygen atoms in total. The molecule has 0 aliphatic carbocycles. The van der Waals surface area contributed by atoms with Gasteiger partial charge in [0, 0.05) is 11.9 Å². The van der Waals surface area contributed by atoms with Crippen LogP contribution in [0.1, 0.15) is 5.69 Å². The summed E-state index contributed by atoms with van der Waals surface area (Å²) in [5, 5.41) is 3.81. The number of halogens is 2. The summed E-state index contributed by atoms with van der Waals surface area (Å²) in [5.41, 5.74) is 0.848. The molecule has 0 unspecified atom stereocenters. The maximum Gasteiger partial charge on any atom is 0.148 e. The molecule has 0 aliphatic rings. The first-order valence-electron chi connectivity index (χ1n) is 3.42. The van der Waals surface area contributed by atoms with Gasteiger partial charge in [-0.2, -0.15) is 5.10 Å². The van der Waals surface area contributed by atoms with Gasteiger partial charge in [0.15, 0.2) is 0 Å². The van der Waals surface area contributed by atoms with E-state index in [0.29, 0.717) is 0 Å². The van der Waals surface area contributed by atoms with Crippen LogP contribution in [0, 0.1) is 6.92 Å². The second kappa shape index (κ2) is 3.46. The van der Waals surface area contributed by atoms with Crippen molar-refractivity contribution in [2.75, 3.05) is 6.67 Å². The number of rotatable bonds is 3. The molecule has 62 valence electrons. The Morgan fingerprint density at radius 3 is 2.91 bits per heavy atom. The first-order valence-corrected chi connectivity index (χ1v) is 3.42. The van der Waals surface area contributed by atoms with Gasteiger partial charge in [0.05, 0.1) is 6.54 Å². The van der Waals surface area contributed by atoms with Gasteiger partial charge in [-0.15, -0.1) is 0 Å². The number of aromatic nitrogens is 2. The van der Waals surface area contributed by atoms with Crippen LogP contribution in [-0.4, -0.2) is 22.6 Å². The molecule has 0 spiro atoms. The molecule has 0 fully saturated rings. The zero-order valence-corrected chi connectivity index (χ0v) is 6.30. The SMILES string of the molecule is Cc1ccnn1C[C@@H](F)CF. The van der Waals surface area contributed by atoms with Crippen molar-refractivity contribution in [1.82, 2.24) is 9.78 Å². The average molecular weight is 160 g/mol. The number of nitrogens with zero attached hydrogens (tertiary/aromatic N) is 2. The van der Waals surface area contributed by atoms with Crippen LogP contribution in [0.2, 0.25) is 0 Å².